The Hall–Kier alpha value is -3.35. The zero-order chi connectivity index (χ0) is 19.0. The first-order chi connectivity index (χ1) is 13.0. The van der Waals surface area contributed by atoms with E-state index in [4.69, 9.17) is 0 Å². The maximum absolute atomic E-state index is 12.8. The zero-order valence-corrected chi connectivity index (χ0v) is 15.2. The summed E-state index contributed by atoms with van der Waals surface area (Å²) in [5.41, 5.74) is 4.36. The molecule has 0 bridgehead atoms. The molecule has 0 aliphatic carbocycles. The molecule has 3 heterocycles. The number of nitrogens with one attached hydrogen (secondary N) is 3. The molecule has 0 fully saturated rings. The van der Waals surface area contributed by atoms with Gasteiger partial charge in [-0.05, 0) is 36.8 Å². The molecule has 27 heavy (non-hydrogen) atoms. The summed E-state index contributed by atoms with van der Waals surface area (Å²) in [7, 11) is 0. The molecule has 2 aromatic heterocycles. The van der Waals surface area contributed by atoms with Crippen LogP contribution in [0.25, 0.3) is 0 Å². The number of H-pyrrole nitrogens is 2. The number of carbonyl (C=O) groups is 2. The van der Waals surface area contributed by atoms with E-state index in [9.17, 15) is 9.59 Å². The molecule has 1 aliphatic rings. The van der Waals surface area contributed by atoms with E-state index >= 15 is 0 Å². The molecule has 0 spiro atoms. The summed E-state index contributed by atoms with van der Waals surface area (Å²) in [5, 5.41) is 10.1. The fourth-order valence-corrected chi connectivity index (χ4v) is 3.51. The van der Waals surface area contributed by atoms with Crippen LogP contribution in [0.4, 0.5) is 5.69 Å². The molecule has 7 nitrogen and oxygen atoms in total. The van der Waals surface area contributed by atoms with E-state index in [1.165, 1.54) is 0 Å². The Balaban J connectivity index is 1.59. The van der Waals surface area contributed by atoms with Gasteiger partial charge in [0.1, 0.15) is 5.69 Å². The van der Waals surface area contributed by atoms with Crippen molar-refractivity contribution in [2.45, 2.75) is 26.3 Å². The molecule has 138 valence electrons. The third kappa shape index (κ3) is 3.23. The monoisotopic (exact) mass is 363 g/mol. The fraction of sp³-hybridized carbons (Fsp3) is 0.250. The number of anilines is 1. The van der Waals surface area contributed by atoms with Gasteiger partial charge in [-0.1, -0.05) is 19.1 Å². The van der Waals surface area contributed by atoms with Gasteiger partial charge in [0.25, 0.3) is 11.8 Å². The zero-order valence-electron chi connectivity index (χ0n) is 15.2. The molecular weight excluding hydrogens is 342 g/mol. The molecule has 7 heteroatoms. The Morgan fingerprint density at radius 1 is 1.26 bits per heavy atom. The number of hydrogen-bond donors (Lipinski definition) is 3. The molecule has 1 unspecified atom stereocenters. The van der Waals surface area contributed by atoms with Crippen LogP contribution in [0.3, 0.4) is 0 Å². The van der Waals surface area contributed by atoms with Crippen LogP contribution >= 0.6 is 0 Å². The SMILES string of the molecule is Cc1cccc(NC(=O)c2n[nH]c3c2CN(C(=O)c2ccc[nH]2)CC3C)c1. The Morgan fingerprint density at radius 2 is 2.11 bits per heavy atom. The number of rotatable bonds is 3. The summed E-state index contributed by atoms with van der Waals surface area (Å²) in [6, 6.07) is 11.2. The highest BCUT2D eigenvalue weighted by atomic mass is 16.2. The molecule has 1 atom stereocenters. The summed E-state index contributed by atoms with van der Waals surface area (Å²) in [6.07, 6.45) is 1.73. The van der Waals surface area contributed by atoms with E-state index in [2.05, 4.69) is 20.5 Å². The minimum atomic E-state index is -0.278. The van der Waals surface area contributed by atoms with Crippen LogP contribution < -0.4 is 5.32 Å². The molecule has 3 aromatic rings. The summed E-state index contributed by atoms with van der Waals surface area (Å²) >= 11 is 0. The number of nitrogens with zero attached hydrogens (tertiary/aromatic N) is 2. The van der Waals surface area contributed by atoms with Crippen molar-refractivity contribution in [2.24, 2.45) is 0 Å². The highest BCUT2D eigenvalue weighted by Gasteiger charge is 2.32. The van der Waals surface area contributed by atoms with Crippen molar-refractivity contribution in [3.63, 3.8) is 0 Å². The predicted octanol–water partition coefficient (Wildman–Crippen LogP) is 3.06. The average molecular weight is 363 g/mol. The van der Waals surface area contributed by atoms with E-state index in [0.717, 1.165) is 22.5 Å². The number of aromatic nitrogens is 3. The smallest absolute Gasteiger partial charge is 0.276 e. The van der Waals surface area contributed by atoms with Gasteiger partial charge in [-0.3, -0.25) is 14.7 Å². The lowest BCUT2D eigenvalue weighted by Crippen LogP contribution is -2.38. The van der Waals surface area contributed by atoms with E-state index in [1.54, 1.807) is 23.2 Å². The highest BCUT2D eigenvalue weighted by Crippen LogP contribution is 2.29. The molecule has 0 saturated carbocycles. The summed E-state index contributed by atoms with van der Waals surface area (Å²) in [5.74, 6) is -0.288. The molecule has 3 N–H and O–H groups in total. The van der Waals surface area contributed by atoms with Gasteiger partial charge in [0.05, 0.1) is 6.54 Å². The lowest BCUT2D eigenvalue weighted by molar-refractivity contribution is 0.0713. The molecule has 0 radical (unpaired) electrons. The quantitative estimate of drug-likeness (QED) is 0.667. The Morgan fingerprint density at radius 3 is 2.85 bits per heavy atom. The van der Waals surface area contributed by atoms with Gasteiger partial charge in [-0.25, -0.2) is 0 Å². The summed E-state index contributed by atoms with van der Waals surface area (Å²) in [6.45, 7) is 4.92. The first-order valence-electron chi connectivity index (χ1n) is 8.90. The van der Waals surface area contributed by atoms with Gasteiger partial charge < -0.3 is 15.2 Å². The van der Waals surface area contributed by atoms with Gasteiger partial charge in [0, 0.05) is 35.6 Å². The second-order valence-corrected chi connectivity index (χ2v) is 6.96. The molecule has 2 amide bonds. The molecule has 1 aromatic carbocycles. The number of amides is 2. The van der Waals surface area contributed by atoms with Gasteiger partial charge in [0.2, 0.25) is 0 Å². The van der Waals surface area contributed by atoms with Crippen molar-refractivity contribution in [2.75, 3.05) is 11.9 Å². The van der Waals surface area contributed by atoms with Crippen LogP contribution in [-0.2, 0) is 6.54 Å². The minimum Gasteiger partial charge on any atom is -0.357 e. The average Bonchev–Trinajstić information content (AvgIpc) is 3.31. The first-order valence-corrected chi connectivity index (χ1v) is 8.90. The van der Waals surface area contributed by atoms with Gasteiger partial charge in [0.15, 0.2) is 5.69 Å². The fourth-order valence-electron chi connectivity index (χ4n) is 3.51. The number of hydrogen-bond acceptors (Lipinski definition) is 3. The normalized spacial score (nSPS) is 16.1. The largest absolute Gasteiger partial charge is 0.357 e. The summed E-state index contributed by atoms with van der Waals surface area (Å²) in [4.78, 5) is 30.2. The first kappa shape index (κ1) is 17.1. The van der Waals surface area contributed by atoms with Crippen LogP contribution in [-0.4, -0.2) is 38.4 Å². The van der Waals surface area contributed by atoms with E-state index < -0.39 is 0 Å². The number of carbonyl (C=O) groups excluding carboxylic acids is 2. The Bertz CT molecular complexity index is 990. The Kier molecular flexibility index (Phi) is 4.27. The summed E-state index contributed by atoms with van der Waals surface area (Å²) < 4.78 is 0. The maximum atomic E-state index is 12.8. The van der Waals surface area contributed by atoms with Gasteiger partial charge in [-0.15, -0.1) is 0 Å². The number of fused-ring (bicyclic) bond motifs is 1. The number of aryl methyl sites for hydroxylation is 1. The Labute approximate surface area is 156 Å². The van der Waals surface area contributed by atoms with Crippen LogP contribution in [0.5, 0.6) is 0 Å². The second kappa shape index (κ2) is 6.75. The third-order valence-corrected chi connectivity index (χ3v) is 4.84. The lowest BCUT2D eigenvalue weighted by atomic mass is 9.96. The van der Waals surface area contributed by atoms with Crippen molar-refractivity contribution in [1.29, 1.82) is 0 Å². The van der Waals surface area contributed by atoms with Crippen molar-refractivity contribution in [1.82, 2.24) is 20.1 Å². The van der Waals surface area contributed by atoms with Crippen molar-refractivity contribution in [3.8, 4) is 0 Å². The highest BCUT2D eigenvalue weighted by molar-refractivity contribution is 6.04. The van der Waals surface area contributed by atoms with Crippen LogP contribution in [0.1, 0.15) is 50.6 Å². The van der Waals surface area contributed by atoms with Crippen molar-refractivity contribution in [3.05, 3.63) is 70.8 Å². The van der Waals surface area contributed by atoms with Crippen LogP contribution in [0.15, 0.2) is 42.6 Å². The second-order valence-electron chi connectivity index (χ2n) is 6.96. The van der Waals surface area contributed by atoms with Crippen LogP contribution in [0, 0.1) is 6.92 Å². The third-order valence-electron chi connectivity index (χ3n) is 4.84. The van der Waals surface area contributed by atoms with Gasteiger partial charge >= 0.3 is 0 Å². The van der Waals surface area contributed by atoms with Gasteiger partial charge in [-0.2, -0.15) is 5.10 Å². The lowest BCUT2D eigenvalue weighted by Gasteiger charge is -2.30. The van der Waals surface area contributed by atoms with E-state index in [0.29, 0.717) is 24.5 Å². The topological polar surface area (TPSA) is 93.9 Å². The number of benzene rings is 1. The standard InChI is InChI=1S/C20H21N5O2/c1-12-5-3-6-14(9-12)22-19(26)18-15-11-25(10-13(2)17(15)23-24-18)20(27)16-7-4-8-21-16/h3-9,13,21H,10-11H2,1-2H3,(H,22,26)(H,23,24). The number of aromatic amines is 2. The van der Waals surface area contributed by atoms with E-state index in [-0.39, 0.29) is 17.7 Å². The van der Waals surface area contributed by atoms with Crippen molar-refractivity contribution >= 4 is 17.5 Å². The predicted molar refractivity (Wildman–Crippen MR) is 102 cm³/mol. The molecule has 1 aliphatic heterocycles. The van der Waals surface area contributed by atoms with E-state index in [1.807, 2.05) is 38.1 Å². The maximum Gasteiger partial charge on any atom is 0.276 e. The molecular formula is C20H21N5O2. The molecule has 4 rings (SSSR count). The minimum absolute atomic E-state index is 0.0701. The van der Waals surface area contributed by atoms with Crippen LogP contribution in [0.2, 0.25) is 0 Å². The van der Waals surface area contributed by atoms with Crippen molar-refractivity contribution < 1.29 is 9.59 Å². The molecule has 0 saturated heterocycles.